The Morgan fingerprint density at radius 2 is 2.05 bits per heavy atom. The van der Waals surface area contributed by atoms with Gasteiger partial charge in [0.1, 0.15) is 4.90 Å². The minimum atomic E-state index is -3.53. The molecule has 5 nitrogen and oxygen atoms in total. The molecule has 0 aromatic carbocycles. The molecule has 0 saturated heterocycles. The standard InChI is InChI=1S/C13H20ClN3O2S/c1-10-3-2-4-11(7-10)5-6-17-20(18,19)12-8-15-13(14)16-9-12/h8-11,17H,2-7H2,1H3. The third-order valence-electron chi connectivity index (χ3n) is 3.80. The Morgan fingerprint density at radius 1 is 1.35 bits per heavy atom. The van der Waals surface area contributed by atoms with Crippen LogP contribution in [0, 0.1) is 11.8 Å². The van der Waals surface area contributed by atoms with Crippen molar-refractivity contribution in [1.29, 1.82) is 0 Å². The lowest BCUT2D eigenvalue weighted by molar-refractivity contribution is 0.271. The quantitative estimate of drug-likeness (QED) is 0.847. The lowest BCUT2D eigenvalue weighted by atomic mass is 9.81. The first-order chi connectivity index (χ1) is 9.47. The number of hydrogen-bond acceptors (Lipinski definition) is 4. The molecule has 1 N–H and O–H groups in total. The molecule has 7 heteroatoms. The van der Waals surface area contributed by atoms with Gasteiger partial charge in [-0.1, -0.05) is 26.2 Å². The summed E-state index contributed by atoms with van der Waals surface area (Å²) in [6, 6.07) is 0. The van der Waals surface area contributed by atoms with Crippen molar-refractivity contribution in [3.8, 4) is 0 Å². The highest BCUT2D eigenvalue weighted by atomic mass is 35.5. The fraction of sp³-hybridized carbons (Fsp3) is 0.692. The molecule has 1 fully saturated rings. The van der Waals surface area contributed by atoms with E-state index in [1.807, 2.05) is 0 Å². The van der Waals surface area contributed by atoms with Crippen LogP contribution in [0.1, 0.15) is 39.0 Å². The lowest BCUT2D eigenvalue weighted by Gasteiger charge is -2.26. The van der Waals surface area contributed by atoms with E-state index in [-0.39, 0.29) is 10.2 Å². The molecule has 0 bridgehead atoms. The Kier molecular flexibility index (Phi) is 5.35. The first-order valence-electron chi connectivity index (χ1n) is 6.94. The van der Waals surface area contributed by atoms with Crippen LogP contribution in [-0.2, 0) is 10.0 Å². The second kappa shape index (κ2) is 6.83. The minimum absolute atomic E-state index is 0.0418. The molecular weight excluding hydrogens is 298 g/mol. The lowest BCUT2D eigenvalue weighted by Crippen LogP contribution is -2.27. The van der Waals surface area contributed by atoms with E-state index < -0.39 is 10.0 Å². The molecule has 2 rings (SSSR count). The molecule has 0 amide bonds. The highest BCUT2D eigenvalue weighted by molar-refractivity contribution is 7.89. The highest BCUT2D eigenvalue weighted by Crippen LogP contribution is 2.30. The van der Waals surface area contributed by atoms with Crippen LogP contribution in [0.3, 0.4) is 0 Å². The summed E-state index contributed by atoms with van der Waals surface area (Å²) in [5.74, 6) is 1.39. The molecule has 112 valence electrons. The highest BCUT2D eigenvalue weighted by Gasteiger charge is 2.20. The van der Waals surface area contributed by atoms with Crippen molar-refractivity contribution >= 4 is 21.6 Å². The Bertz CT molecular complexity index is 533. The summed E-state index contributed by atoms with van der Waals surface area (Å²) < 4.78 is 26.6. The largest absolute Gasteiger partial charge is 0.243 e. The van der Waals surface area contributed by atoms with Crippen molar-refractivity contribution in [2.75, 3.05) is 6.54 Å². The van der Waals surface area contributed by atoms with Crippen molar-refractivity contribution in [2.45, 2.75) is 43.9 Å². The molecule has 0 radical (unpaired) electrons. The van der Waals surface area contributed by atoms with Crippen LogP contribution in [-0.4, -0.2) is 24.9 Å². The van der Waals surface area contributed by atoms with Crippen molar-refractivity contribution in [3.63, 3.8) is 0 Å². The van der Waals surface area contributed by atoms with Gasteiger partial charge in [-0.25, -0.2) is 23.1 Å². The van der Waals surface area contributed by atoms with E-state index in [0.717, 1.165) is 12.3 Å². The Labute approximate surface area is 125 Å². The van der Waals surface area contributed by atoms with Gasteiger partial charge in [0, 0.05) is 6.54 Å². The third kappa shape index (κ3) is 4.40. The van der Waals surface area contributed by atoms with Crippen molar-refractivity contribution in [1.82, 2.24) is 14.7 Å². The van der Waals surface area contributed by atoms with Crippen LogP contribution in [0.25, 0.3) is 0 Å². The zero-order valence-electron chi connectivity index (χ0n) is 11.5. The van der Waals surface area contributed by atoms with Gasteiger partial charge in [-0.2, -0.15) is 0 Å². The molecule has 1 aromatic rings. The molecular formula is C13H20ClN3O2S. The zero-order valence-corrected chi connectivity index (χ0v) is 13.1. The molecule has 2 unspecified atom stereocenters. The number of nitrogens with one attached hydrogen (secondary N) is 1. The average Bonchev–Trinajstić information content (AvgIpc) is 2.39. The molecule has 1 aliphatic carbocycles. The van der Waals surface area contributed by atoms with Gasteiger partial charge in [0.25, 0.3) is 0 Å². The summed E-state index contributed by atoms with van der Waals surface area (Å²) in [6.45, 7) is 2.73. The normalized spacial score (nSPS) is 23.7. The van der Waals surface area contributed by atoms with Gasteiger partial charge < -0.3 is 0 Å². The number of nitrogens with zero attached hydrogens (tertiary/aromatic N) is 2. The molecule has 1 aromatic heterocycles. The monoisotopic (exact) mass is 317 g/mol. The molecule has 1 saturated carbocycles. The molecule has 1 heterocycles. The topological polar surface area (TPSA) is 72.0 Å². The SMILES string of the molecule is CC1CCCC(CCNS(=O)(=O)c2cnc(Cl)nc2)C1. The molecule has 20 heavy (non-hydrogen) atoms. The first kappa shape index (κ1) is 15.7. The summed E-state index contributed by atoms with van der Waals surface area (Å²) in [4.78, 5) is 7.43. The van der Waals surface area contributed by atoms with Crippen LogP contribution < -0.4 is 4.72 Å². The molecule has 1 aliphatic rings. The maximum absolute atomic E-state index is 12.0. The number of aromatic nitrogens is 2. The van der Waals surface area contributed by atoms with Crippen molar-refractivity contribution in [2.24, 2.45) is 11.8 Å². The smallest absolute Gasteiger partial charge is 0.225 e. The van der Waals surface area contributed by atoms with E-state index >= 15 is 0 Å². The zero-order chi connectivity index (χ0) is 14.6. The maximum atomic E-state index is 12.0. The van der Waals surface area contributed by atoms with E-state index in [9.17, 15) is 8.42 Å². The van der Waals surface area contributed by atoms with Gasteiger partial charge in [0.2, 0.25) is 15.3 Å². The molecule has 0 aliphatic heterocycles. The first-order valence-corrected chi connectivity index (χ1v) is 8.80. The molecule has 2 atom stereocenters. The van der Waals surface area contributed by atoms with E-state index in [4.69, 9.17) is 11.6 Å². The van der Waals surface area contributed by atoms with Crippen LogP contribution in [0.15, 0.2) is 17.3 Å². The van der Waals surface area contributed by atoms with Gasteiger partial charge in [0.15, 0.2) is 0 Å². The summed E-state index contributed by atoms with van der Waals surface area (Å²) in [7, 11) is -3.53. The van der Waals surface area contributed by atoms with Crippen LogP contribution in [0.5, 0.6) is 0 Å². The predicted octanol–water partition coefficient (Wildman–Crippen LogP) is 2.62. The summed E-state index contributed by atoms with van der Waals surface area (Å²) >= 11 is 5.54. The minimum Gasteiger partial charge on any atom is -0.225 e. The summed E-state index contributed by atoms with van der Waals surface area (Å²) in [6.07, 6.45) is 8.29. The maximum Gasteiger partial charge on any atom is 0.243 e. The Morgan fingerprint density at radius 3 is 2.70 bits per heavy atom. The number of halogens is 1. The van der Waals surface area contributed by atoms with Gasteiger partial charge in [-0.3, -0.25) is 0 Å². The van der Waals surface area contributed by atoms with Gasteiger partial charge in [-0.15, -0.1) is 0 Å². The fourth-order valence-electron chi connectivity index (χ4n) is 2.74. The summed E-state index contributed by atoms with van der Waals surface area (Å²) in [5.41, 5.74) is 0. The average molecular weight is 318 g/mol. The second-order valence-corrected chi connectivity index (χ2v) is 7.62. The second-order valence-electron chi connectivity index (χ2n) is 5.51. The fourth-order valence-corrected chi connectivity index (χ4v) is 3.78. The van der Waals surface area contributed by atoms with Crippen LogP contribution >= 0.6 is 11.6 Å². The van der Waals surface area contributed by atoms with Crippen LogP contribution in [0.4, 0.5) is 0 Å². The number of sulfonamides is 1. The van der Waals surface area contributed by atoms with Crippen molar-refractivity contribution < 1.29 is 8.42 Å². The predicted molar refractivity (Wildman–Crippen MR) is 78.0 cm³/mol. The van der Waals surface area contributed by atoms with Crippen molar-refractivity contribution in [3.05, 3.63) is 17.7 Å². The number of hydrogen-bond donors (Lipinski definition) is 1. The third-order valence-corrected chi connectivity index (χ3v) is 5.41. The molecule has 0 spiro atoms. The van der Waals surface area contributed by atoms with E-state index in [1.54, 1.807) is 0 Å². The van der Waals surface area contributed by atoms with Gasteiger partial charge in [-0.05, 0) is 36.3 Å². The van der Waals surface area contributed by atoms with Crippen LogP contribution in [0.2, 0.25) is 5.28 Å². The van der Waals surface area contributed by atoms with E-state index in [2.05, 4.69) is 21.6 Å². The van der Waals surface area contributed by atoms with E-state index in [1.165, 1.54) is 38.1 Å². The van der Waals surface area contributed by atoms with Gasteiger partial charge in [0.05, 0.1) is 12.4 Å². The Balaban J connectivity index is 1.85. The van der Waals surface area contributed by atoms with Gasteiger partial charge >= 0.3 is 0 Å². The number of rotatable bonds is 5. The Hall–Kier alpha value is -0.720. The summed E-state index contributed by atoms with van der Waals surface area (Å²) in [5, 5.41) is 0.0418. The van der Waals surface area contributed by atoms with E-state index in [0.29, 0.717) is 12.5 Å².